The second-order valence-corrected chi connectivity index (χ2v) is 4.87. The number of hydrogen-bond donors (Lipinski definition) is 2. The number of carbonyl (C=O) groups is 1. The normalized spacial score (nSPS) is 19.2. The van der Waals surface area contributed by atoms with Gasteiger partial charge in [-0.1, -0.05) is 24.4 Å². The molecule has 1 heterocycles. The zero-order chi connectivity index (χ0) is 10.8. The van der Waals surface area contributed by atoms with Gasteiger partial charge in [0.1, 0.15) is 0 Å². The quantitative estimate of drug-likeness (QED) is 0.776. The fourth-order valence-corrected chi connectivity index (χ4v) is 2.82. The first-order valence-corrected chi connectivity index (χ1v) is 5.74. The summed E-state index contributed by atoms with van der Waals surface area (Å²) in [4.78, 5) is 12.3. The third kappa shape index (κ3) is 2.30. The molecule has 0 bridgehead atoms. The molecular formula is C10H9NO2S2. The smallest absolute Gasteiger partial charge is 0.304 e. The Bertz CT molecular complexity index is 420. The molecule has 0 aliphatic carbocycles. The van der Waals surface area contributed by atoms with Crippen molar-refractivity contribution in [2.45, 2.75) is 16.6 Å². The minimum absolute atomic E-state index is 0.0604. The summed E-state index contributed by atoms with van der Waals surface area (Å²) in [5.74, 6) is -0.823. The lowest BCUT2D eigenvalue weighted by atomic mass is 10.2. The Morgan fingerprint density at radius 3 is 3.00 bits per heavy atom. The first kappa shape index (κ1) is 10.4. The third-order valence-electron chi connectivity index (χ3n) is 2.07. The highest BCUT2D eigenvalue weighted by molar-refractivity contribution is 8.02. The predicted octanol–water partition coefficient (Wildman–Crippen LogP) is 2.37. The highest BCUT2D eigenvalue weighted by Gasteiger charge is 2.25. The van der Waals surface area contributed by atoms with E-state index in [-0.39, 0.29) is 11.7 Å². The maximum Gasteiger partial charge on any atom is 0.304 e. The van der Waals surface area contributed by atoms with E-state index in [1.165, 1.54) is 11.8 Å². The Hall–Kier alpha value is -1.07. The number of thiocarbonyl (C=S) groups is 1. The maximum atomic E-state index is 10.6. The van der Waals surface area contributed by atoms with Crippen molar-refractivity contribution in [2.24, 2.45) is 0 Å². The molecule has 0 radical (unpaired) electrons. The van der Waals surface area contributed by atoms with E-state index in [9.17, 15) is 4.79 Å². The average Bonchev–Trinajstić information content (AvgIpc) is 2.18. The number of carboxylic acids is 1. The first-order valence-electron chi connectivity index (χ1n) is 4.45. The fraction of sp³-hybridized carbons (Fsp3) is 0.200. The van der Waals surface area contributed by atoms with E-state index >= 15 is 0 Å². The van der Waals surface area contributed by atoms with Crippen LogP contribution in [-0.4, -0.2) is 21.3 Å². The van der Waals surface area contributed by atoms with E-state index < -0.39 is 5.97 Å². The predicted molar refractivity (Wildman–Crippen MR) is 64.6 cm³/mol. The van der Waals surface area contributed by atoms with Crippen molar-refractivity contribution >= 4 is 40.6 Å². The first-order chi connectivity index (χ1) is 7.16. The number of thioether (sulfide) groups is 1. The summed E-state index contributed by atoms with van der Waals surface area (Å²) in [6, 6.07) is 7.75. The molecule has 1 aliphatic rings. The summed E-state index contributed by atoms with van der Waals surface area (Å²) in [7, 11) is 0. The molecule has 0 saturated heterocycles. The molecule has 78 valence electrons. The zero-order valence-electron chi connectivity index (χ0n) is 7.77. The summed E-state index contributed by atoms with van der Waals surface area (Å²) in [5, 5.41) is 11.6. The van der Waals surface area contributed by atoms with Gasteiger partial charge in [-0.05, 0) is 12.1 Å². The van der Waals surface area contributed by atoms with Gasteiger partial charge in [-0.2, -0.15) is 0 Å². The minimum atomic E-state index is -0.823. The Morgan fingerprint density at radius 2 is 2.27 bits per heavy atom. The van der Waals surface area contributed by atoms with E-state index in [1.807, 2.05) is 24.3 Å². The summed E-state index contributed by atoms with van der Waals surface area (Å²) in [6.45, 7) is 0. The molecule has 0 spiro atoms. The zero-order valence-corrected chi connectivity index (χ0v) is 9.40. The molecule has 0 unspecified atom stereocenters. The highest BCUT2D eigenvalue weighted by atomic mass is 32.2. The monoisotopic (exact) mass is 239 g/mol. The van der Waals surface area contributed by atoms with E-state index in [0.717, 1.165) is 10.6 Å². The molecule has 0 saturated carbocycles. The number of benzene rings is 1. The van der Waals surface area contributed by atoms with Gasteiger partial charge in [0.2, 0.25) is 0 Å². The van der Waals surface area contributed by atoms with Gasteiger partial charge >= 0.3 is 5.97 Å². The number of anilines is 1. The van der Waals surface area contributed by atoms with Gasteiger partial charge in [0.15, 0.2) is 0 Å². The topological polar surface area (TPSA) is 49.3 Å². The Balaban J connectivity index is 2.22. The van der Waals surface area contributed by atoms with Crippen molar-refractivity contribution in [1.82, 2.24) is 0 Å². The van der Waals surface area contributed by atoms with Crippen molar-refractivity contribution in [1.29, 1.82) is 0 Å². The van der Waals surface area contributed by atoms with Crippen LogP contribution in [0.2, 0.25) is 0 Å². The fourth-order valence-electron chi connectivity index (χ4n) is 1.39. The Morgan fingerprint density at radius 1 is 1.53 bits per heavy atom. The Kier molecular flexibility index (Phi) is 2.93. The summed E-state index contributed by atoms with van der Waals surface area (Å²) in [5.41, 5.74) is 0.967. The number of fused-ring (bicyclic) bond motifs is 1. The number of hydrogen-bond acceptors (Lipinski definition) is 3. The van der Waals surface area contributed by atoms with Gasteiger partial charge in [0, 0.05) is 4.90 Å². The van der Waals surface area contributed by atoms with Crippen molar-refractivity contribution < 1.29 is 9.90 Å². The third-order valence-corrected chi connectivity index (χ3v) is 3.90. The molecule has 3 nitrogen and oxygen atoms in total. The van der Waals surface area contributed by atoms with Crippen LogP contribution < -0.4 is 5.32 Å². The lowest BCUT2D eigenvalue weighted by molar-refractivity contribution is -0.136. The second kappa shape index (κ2) is 4.20. The standard InChI is InChI=1S/C10H9NO2S2/c12-9(13)5-8-10(14)11-6-3-1-2-4-7(6)15-8/h1-4,8H,5H2,(H,11,14)(H,12,13)/t8-/m1/s1. The molecule has 0 fully saturated rings. The van der Waals surface area contributed by atoms with Crippen LogP contribution in [-0.2, 0) is 4.79 Å². The molecule has 1 aromatic rings. The number of carboxylic acid groups (broad SMARTS) is 1. The summed E-state index contributed by atoms with van der Waals surface area (Å²) < 4.78 is 0. The van der Waals surface area contributed by atoms with Crippen molar-refractivity contribution in [3.8, 4) is 0 Å². The lowest BCUT2D eigenvalue weighted by Crippen LogP contribution is -2.29. The molecule has 2 rings (SSSR count). The average molecular weight is 239 g/mol. The highest BCUT2D eigenvalue weighted by Crippen LogP contribution is 2.36. The van der Waals surface area contributed by atoms with E-state index in [0.29, 0.717) is 4.99 Å². The van der Waals surface area contributed by atoms with Gasteiger partial charge in [0.05, 0.1) is 22.3 Å². The van der Waals surface area contributed by atoms with Crippen LogP contribution in [0.3, 0.4) is 0 Å². The number of nitrogens with one attached hydrogen (secondary N) is 1. The van der Waals surface area contributed by atoms with Crippen LogP contribution in [0.25, 0.3) is 0 Å². The molecule has 0 amide bonds. The molecule has 5 heteroatoms. The number of rotatable bonds is 2. The van der Waals surface area contributed by atoms with Crippen LogP contribution in [0, 0.1) is 0 Å². The molecule has 15 heavy (non-hydrogen) atoms. The molecule has 0 aromatic heterocycles. The van der Waals surface area contributed by atoms with Crippen molar-refractivity contribution in [3.05, 3.63) is 24.3 Å². The van der Waals surface area contributed by atoms with Crippen LogP contribution in [0.4, 0.5) is 5.69 Å². The van der Waals surface area contributed by atoms with Crippen LogP contribution in [0.5, 0.6) is 0 Å². The second-order valence-electron chi connectivity index (χ2n) is 3.19. The summed E-state index contributed by atoms with van der Waals surface area (Å²) >= 11 is 6.64. The lowest BCUT2D eigenvalue weighted by Gasteiger charge is -2.25. The van der Waals surface area contributed by atoms with Crippen molar-refractivity contribution in [2.75, 3.05) is 5.32 Å². The van der Waals surface area contributed by atoms with Gasteiger partial charge < -0.3 is 10.4 Å². The Labute approximate surface area is 96.9 Å². The minimum Gasteiger partial charge on any atom is -0.481 e. The van der Waals surface area contributed by atoms with Crippen LogP contribution in [0.1, 0.15) is 6.42 Å². The largest absolute Gasteiger partial charge is 0.481 e. The molecule has 2 N–H and O–H groups in total. The van der Waals surface area contributed by atoms with Gasteiger partial charge in [-0.25, -0.2) is 0 Å². The van der Waals surface area contributed by atoms with Crippen molar-refractivity contribution in [3.63, 3.8) is 0 Å². The molecule has 1 atom stereocenters. The van der Waals surface area contributed by atoms with E-state index in [2.05, 4.69) is 5.32 Å². The van der Waals surface area contributed by atoms with E-state index in [1.54, 1.807) is 0 Å². The van der Waals surface area contributed by atoms with Gasteiger partial charge in [-0.15, -0.1) is 11.8 Å². The molecule has 1 aromatic carbocycles. The SMILES string of the molecule is O=C(O)C[C@H]1Sc2ccccc2NC1=S. The van der Waals surface area contributed by atoms with Gasteiger partial charge in [-0.3, -0.25) is 4.79 Å². The maximum absolute atomic E-state index is 10.6. The summed E-state index contributed by atoms with van der Waals surface area (Å²) in [6.07, 6.45) is 0.0604. The van der Waals surface area contributed by atoms with Crippen LogP contribution >= 0.6 is 24.0 Å². The van der Waals surface area contributed by atoms with Crippen LogP contribution in [0.15, 0.2) is 29.2 Å². The van der Waals surface area contributed by atoms with E-state index in [4.69, 9.17) is 17.3 Å². The molecular weight excluding hydrogens is 230 g/mol. The van der Waals surface area contributed by atoms with Gasteiger partial charge in [0.25, 0.3) is 0 Å². The molecule has 1 aliphatic heterocycles. The number of para-hydroxylation sites is 1. The number of aliphatic carboxylic acids is 1.